The highest BCUT2D eigenvalue weighted by Gasteiger charge is 2.27. The average molecular weight is 437 g/mol. The summed E-state index contributed by atoms with van der Waals surface area (Å²) in [6.07, 6.45) is 5.31. The molecule has 1 saturated heterocycles. The maximum absolute atomic E-state index is 11.4. The van der Waals surface area contributed by atoms with Crippen molar-refractivity contribution in [2.45, 2.75) is 32.7 Å². The zero-order chi connectivity index (χ0) is 21.8. The summed E-state index contributed by atoms with van der Waals surface area (Å²) in [5, 5.41) is 13.0. The van der Waals surface area contributed by atoms with Gasteiger partial charge in [-0.05, 0) is 62.0 Å². The number of amides is 1. The molecular formula is C24H28N4O2S. The van der Waals surface area contributed by atoms with Crippen molar-refractivity contribution in [3.63, 3.8) is 0 Å². The number of likely N-dealkylation sites (N-methyl/N-ethyl adjacent to an activating group) is 1. The molecule has 3 heterocycles. The number of nitrogens with one attached hydrogen (secondary N) is 1. The number of nitrogens with zero attached hydrogens (tertiary/aromatic N) is 3. The van der Waals surface area contributed by atoms with Crippen LogP contribution in [0.4, 0.5) is 0 Å². The largest absolute Gasteiger partial charge is 0.319 e. The van der Waals surface area contributed by atoms with Crippen LogP contribution in [0.2, 0.25) is 0 Å². The molecule has 3 aromatic rings. The lowest BCUT2D eigenvalue weighted by Gasteiger charge is -2.34. The second kappa shape index (κ2) is 9.60. The third-order valence-electron chi connectivity index (χ3n) is 5.86. The number of aryl methyl sites for hydroxylation is 1. The molecule has 2 aromatic heterocycles. The number of carbonyl (C=O) groups is 1. The lowest BCUT2D eigenvalue weighted by atomic mass is 10.0. The monoisotopic (exact) mass is 436 g/mol. The van der Waals surface area contributed by atoms with E-state index in [2.05, 4.69) is 46.2 Å². The van der Waals surface area contributed by atoms with Crippen LogP contribution in [0, 0.1) is 6.92 Å². The Morgan fingerprint density at radius 1 is 1.35 bits per heavy atom. The summed E-state index contributed by atoms with van der Waals surface area (Å²) in [7, 11) is 0. The summed E-state index contributed by atoms with van der Waals surface area (Å²) in [6, 6.07) is 10.5. The van der Waals surface area contributed by atoms with Crippen LogP contribution in [-0.4, -0.2) is 45.2 Å². The van der Waals surface area contributed by atoms with E-state index in [1.54, 1.807) is 22.9 Å². The van der Waals surface area contributed by atoms with Gasteiger partial charge in [-0.25, -0.2) is 10.5 Å². The number of benzene rings is 1. The summed E-state index contributed by atoms with van der Waals surface area (Å²) in [4.78, 5) is 18.9. The lowest BCUT2D eigenvalue weighted by Crippen LogP contribution is -2.36. The number of piperidine rings is 1. The number of carbonyl (C=O) groups excluding carboxylic acids is 1. The van der Waals surface area contributed by atoms with E-state index >= 15 is 0 Å². The molecule has 0 spiro atoms. The van der Waals surface area contributed by atoms with Crippen LogP contribution >= 0.6 is 11.3 Å². The highest BCUT2D eigenvalue weighted by Crippen LogP contribution is 2.37. The van der Waals surface area contributed by atoms with Gasteiger partial charge in [0.15, 0.2) is 0 Å². The van der Waals surface area contributed by atoms with Crippen molar-refractivity contribution >= 4 is 23.3 Å². The van der Waals surface area contributed by atoms with Crippen LogP contribution in [0.15, 0.2) is 47.2 Å². The van der Waals surface area contributed by atoms with Gasteiger partial charge in [0.1, 0.15) is 5.82 Å². The van der Waals surface area contributed by atoms with Crippen molar-refractivity contribution in [3.8, 4) is 22.6 Å². The number of aromatic nitrogens is 2. The Balaban J connectivity index is 1.81. The number of hydrogen-bond donors (Lipinski definition) is 2. The molecule has 1 atom stereocenters. The van der Waals surface area contributed by atoms with Gasteiger partial charge >= 0.3 is 0 Å². The minimum absolute atomic E-state index is 0.360. The van der Waals surface area contributed by atoms with Crippen LogP contribution in [-0.2, 0) is 4.79 Å². The molecule has 6 nitrogen and oxygen atoms in total. The fourth-order valence-electron chi connectivity index (χ4n) is 4.37. The smallest absolute Gasteiger partial charge is 0.267 e. The van der Waals surface area contributed by atoms with Crippen molar-refractivity contribution in [1.29, 1.82) is 0 Å². The van der Waals surface area contributed by atoms with Crippen LogP contribution < -0.4 is 5.48 Å². The maximum Gasteiger partial charge on any atom is 0.267 e. The molecule has 0 bridgehead atoms. The molecule has 0 unspecified atom stereocenters. The SMILES string of the molecule is CCN1CCC[C@@H](n2c(-c3cccc(/C=C/C(=O)NO)c3)nc(C)c2-c2ccsc2)C1. The summed E-state index contributed by atoms with van der Waals surface area (Å²) >= 11 is 1.70. The average Bonchev–Trinajstić information content (AvgIpc) is 3.45. The van der Waals surface area contributed by atoms with Crippen molar-refractivity contribution in [2.24, 2.45) is 0 Å². The zero-order valence-electron chi connectivity index (χ0n) is 17.9. The van der Waals surface area contributed by atoms with Gasteiger partial charge in [-0.2, -0.15) is 11.3 Å². The minimum atomic E-state index is -0.552. The topological polar surface area (TPSA) is 70.4 Å². The number of imidazole rings is 1. The molecule has 0 aliphatic carbocycles. The number of rotatable bonds is 6. The van der Waals surface area contributed by atoms with Crippen molar-refractivity contribution in [2.75, 3.05) is 19.6 Å². The summed E-state index contributed by atoms with van der Waals surface area (Å²) in [5.41, 5.74) is 6.96. The lowest BCUT2D eigenvalue weighted by molar-refractivity contribution is -0.124. The quantitative estimate of drug-likeness (QED) is 0.332. The first-order valence-corrected chi connectivity index (χ1v) is 11.6. The molecule has 4 rings (SSSR count). The molecule has 7 heteroatoms. The van der Waals surface area contributed by atoms with Crippen molar-refractivity contribution in [1.82, 2.24) is 19.9 Å². The molecule has 162 valence electrons. The number of hydroxylamine groups is 1. The maximum atomic E-state index is 11.4. The minimum Gasteiger partial charge on any atom is -0.319 e. The highest BCUT2D eigenvalue weighted by molar-refractivity contribution is 7.08. The van der Waals surface area contributed by atoms with Crippen molar-refractivity contribution < 1.29 is 10.0 Å². The molecule has 1 aromatic carbocycles. The highest BCUT2D eigenvalue weighted by atomic mass is 32.1. The number of hydrogen-bond acceptors (Lipinski definition) is 5. The van der Waals surface area contributed by atoms with E-state index in [0.29, 0.717) is 6.04 Å². The fraction of sp³-hybridized carbons (Fsp3) is 0.333. The van der Waals surface area contributed by atoms with Gasteiger partial charge in [-0.15, -0.1) is 0 Å². The normalized spacial score (nSPS) is 17.3. The molecule has 1 aliphatic heterocycles. The summed E-state index contributed by atoms with van der Waals surface area (Å²) in [5.74, 6) is 0.410. The Morgan fingerprint density at radius 3 is 2.97 bits per heavy atom. The Bertz CT molecular complexity index is 1070. The molecule has 1 fully saturated rings. The fourth-order valence-corrected chi connectivity index (χ4v) is 5.01. The van der Waals surface area contributed by atoms with Crippen LogP contribution in [0.3, 0.4) is 0 Å². The standard InChI is InChI=1S/C24H28N4O2S/c1-3-27-12-5-8-21(15-27)28-23(20-11-13-31-16-20)17(2)25-24(28)19-7-4-6-18(14-19)9-10-22(29)26-30/h4,6-7,9-11,13-14,16,21,30H,3,5,8,12,15H2,1-2H3,(H,26,29)/b10-9+/t21-/m1/s1. The van der Waals surface area contributed by atoms with Gasteiger partial charge in [0.05, 0.1) is 11.4 Å². The van der Waals surface area contributed by atoms with E-state index in [0.717, 1.165) is 48.7 Å². The first-order valence-electron chi connectivity index (χ1n) is 10.7. The summed E-state index contributed by atoms with van der Waals surface area (Å²) in [6.45, 7) is 7.54. The van der Waals surface area contributed by atoms with Gasteiger partial charge in [0.25, 0.3) is 5.91 Å². The van der Waals surface area contributed by atoms with Gasteiger partial charge < -0.3 is 9.47 Å². The van der Waals surface area contributed by atoms with Gasteiger partial charge in [-0.3, -0.25) is 10.0 Å². The summed E-state index contributed by atoms with van der Waals surface area (Å²) < 4.78 is 2.43. The second-order valence-electron chi connectivity index (χ2n) is 7.88. The molecular weight excluding hydrogens is 408 g/mol. The van der Waals surface area contributed by atoms with Gasteiger partial charge in [-0.1, -0.05) is 25.1 Å². The molecule has 31 heavy (non-hydrogen) atoms. The zero-order valence-corrected chi connectivity index (χ0v) is 18.7. The van der Waals surface area contributed by atoms with Gasteiger partial charge in [0, 0.05) is 35.2 Å². The van der Waals surface area contributed by atoms with E-state index in [-0.39, 0.29) is 0 Å². The molecule has 0 radical (unpaired) electrons. The van der Waals surface area contributed by atoms with E-state index in [1.807, 2.05) is 18.2 Å². The predicted molar refractivity (Wildman–Crippen MR) is 125 cm³/mol. The predicted octanol–water partition coefficient (Wildman–Crippen LogP) is 4.76. The van der Waals surface area contributed by atoms with E-state index in [4.69, 9.17) is 10.2 Å². The Morgan fingerprint density at radius 2 is 2.23 bits per heavy atom. The first-order chi connectivity index (χ1) is 15.1. The third-order valence-corrected chi connectivity index (χ3v) is 6.54. The second-order valence-corrected chi connectivity index (χ2v) is 8.66. The van der Waals surface area contributed by atoms with Gasteiger partial charge in [0.2, 0.25) is 0 Å². The molecule has 0 saturated carbocycles. The Hall–Kier alpha value is -2.74. The number of thiophene rings is 1. The van der Waals surface area contributed by atoms with E-state index in [1.165, 1.54) is 23.8 Å². The van der Waals surface area contributed by atoms with Crippen LogP contribution in [0.25, 0.3) is 28.7 Å². The van der Waals surface area contributed by atoms with E-state index in [9.17, 15) is 4.79 Å². The van der Waals surface area contributed by atoms with Crippen LogP contribution in [0.5, 0.6) is 0 Å². The molecule has 1 aliphatic rings. The first kappa shape index (κ1) is 21.5. The van der Waals surface area contributed by atoms with Crippen LogP contribution in [0.1, 0.15) is 37.1 Å². The molecule has 1 amide bonds. The number of likely N-dealkylation sites (tertiary alicyclic amines) is 1. The third kappa shape index (κ3) is 4.63. The van der Waals surface area contributed by atoms with Crippen molar-refractivity contribution in [3.05, 3.63) is 58.4 Å². The Kier molecular flexibility index (Phi) is 6.65. The molecule has 2 N–H and O–H groups in total. The van der Waals surface area contributed by atoms with E-state index < -0.39 is 5.91 Å². The Labute approximate surface area is 186 Å².